The molecule has 9 aromatic rings. The van der Waals surface area contributed by atoms with Crippen molar-refractivity contribution in [2.24, 2.45) is 0 Å². The second-order valence-electron chi connectivity index (χ2n) is 12.9. The molecule has 0 aliphatic rings. The summed E-state index contributed by atoms with van der Waals surface area (Å²) < 4.78 is 8.56. The number of fused-ring (bicyclic) bond motifs is 5. The zero-order valence-electron chi connectivity index (χ0n) is 27.4. The van der Waals surface area contributed by atoms with Crippen molar-refractivity contribution in [1.29, 1.82) is 0 Å². The van der Waals surface area contributed by atoms with Crippen molar-refractivity contribution in [2.45, 2.75) is 19.6 Å². The van der Waals surface area contributed by atoms with Gasteiger partial charge < -0.3 is 14.0 Å². The van der Waals surface area contributed by atoms with Crippen LogP contribution in [0.15, 0.2) is 150 Å². The van der Waals surface area contributed by atoms with Crippen LogP contribution in [-0.4, -0.2) is 22.6 Å². The Balaban J connectivity index is 0.000000189. The molecule has 0 unspecified atom stereocenters. The molecule has 0 saturated carbocycles. The molecule has 4 nitrogen and oxygen atoms in total. The summed E-state index contributed by atoms with van der Waals surface area (Å²) in [5.41, 5.74) is 7.70. The zero-order valence-corrected chi connectivity index (χ0v) is 30.8. The van der Waals surface area contributed by atoms with Crippen LogP contribution >= 0.6 is 0 Å². The van der Waals surface area contributed by atoms with Gasteiger partial charge in [0, 0.05) is 42.8 Å². The molecular formula is C43H33IrN3OSi-2. The summed E-state index contributed by atoms with van der Waals surface area (Å²) in [6.45, 7) is 7.00. The Morgan fingerprint density at radius 3 is 2.20 bits per heavy atom. The third kappa shape index (κ3) is 6.15. The fraction of sp³-hybridized carbons (Fsp3) is 0.0698. The molecule has 0 saturated heterocycles. The van der Waals surface area contributed by atoms with Gasteiger partial charge in [0.25, 0.3) is 0 Å². The Morgan fingerprint density at radius 1 is 0.653 bits per heavy atom. The number of pyridine rings is 1. The molecule has 241 valence electrons. The molecule has 9 rings (SSSR count). The van der Waals surface area contributed by atoms with Crippen LogP contribution in [0.1, 0.15) is 0 Å². The molecule has 6 heteroatoms. The minimum Gasteiger partial charge on any atom is -0.501 e. The first-order valence-corrected chi connectivity index (χ1v) is 19.7. The number of imidazole rings is 1. The Bertz CT molecular complexity index is 2540. The normalized spacial score (nSPS) is 11.4. The van der Waals surface area contributed by atoms with Gasteiger partial charge in [-0.15, -0.1) is 54.1 Å². The van der Waals surface area contributed by atoms with Crippen molar-refractivity contribution in [1.82, 2.24) is 14.5 Å². The molecule has 1 radical (unpaired) electrons. The predicted octanol–water partition coefficient (Wildman–Crippen LogP) is 10.6. The Kier molecular flexibility index (Phi) is 8.87. The molecule has 49 heavy (non-hydrogen) atoms. The molecule has 0 spiro atoms. The van der Waals surface area contributed by atoms with Crippen molar-refractivity contribution in [3.8, 4) is 28.3 Å². The van der Waals surface area contributed by atoms with Crippen molar-refractivity contribution in [2.75, 3.05) is 0 Å². The minimum atomic E-state index is -1.23. The first kappa shape index (κ1) is 32.4. The molecule has 3 heterocycles. The molecule has 0 aliphatic heterocycles. The Hall–Kier alpha value is -5.13. The van der Waals surface area contributed by atoms with Gasteiger partial charge in [-0.2, -0.15) is 0 Å². The Morgan fingerprint density at radius 2 is 1.41 bits per heavy atom. The van der Waals surface area contributed by atoms with Gasteiger partial charge in [0.1, 0.15) is 5.58 Å². The molecular weight excluding hydrogens is 795 g/mol. The standard InChI is InChI=1S/C29H17N2O.C14H16NSi.Ir/c1-2-11-20-19(9-1)10-7-17-25(20)31-26-16-5-4-15-24(26)30-29(31)23-14-8-13-22-21-12-3-6-18-27(21)32-28(22)23;1-16(2,3)13-9-10-14(15-11-13)12-7-5-4-6-8-12;/h1-13,15-18H;4-7,9-11H,1-3H3;/q2*-1;. The van der Waals surface area contributed by atoms with E-state index < -0.39 is 8.07 Å². The van der Waals surface area contributed by atoms with Crippen LogP contribution in [0.2, 0.25) is 19.6 Å². The van der Waals surface area contributed by atoms with E-state index in [1.54, 1.807) is 0 Å². The van der Waals surface area contributed by atoms with Gasteiger partial charge in [-0.3, -0.25) is 4.98 Å². The van der Waals surface area contributed by atoms with Crippen LogP contribution < -0.4 is 5.19 Å². The Labute approximate surface area is 300 Å². The molecule has 0 amide bonds. The maximum absolute atomic E-state index is 6.33. The van der Waals surface area contributed by atoms with E-state index >= 15 is 0 Å². The SMILES string of the molecule is C[Si](C)(C)c1ccc(-c2[c-]cccc2)nc1.[Ir].[c-]1ccc2c(oc3ccccc32)c1-c1nc2ccccc2n1-c1cccc2ccccc12. The molecule has 0 fully saturated rings. The van der Waals surface area contributed by atoms with E-state index in [9.17, 15) is 0 Å². The number of hydrogen-bond acceptors (Lipinski definition) is 3. The number of benzene rings is 6. The first-order valence-electron chi connectivity index (χ1n) is 16.2. The predicted molar refractivity (Wildman–Crippen MR) is 202 cm³/mol. The van der Waals surface area contributed by atoms with E-state index in [2.05, 4.69) is 126 Å². The van der Waals surface area contributed by atoms with E-state index in [4.69, 9.17) is 9.40 Å². The summed E-state index contributed by atoms with van der Waals surface area (Å²) >= 11 is 0. The van der Waals surface area contributed by atoms with Gasteiger partial charge in [-0.25, -0.2) is 0 Å². The number of nitrogens with zero attached hydrogens (tertiary/aromatic N) is 3. The van der Waals surface area contributed by atoms with Crippen molar-refractivity contribution in [3.05, 3.63) is 158 Å². The van der Waals surface area contributed by atoms with Crippen molar-refractivity contribution < 1.29 is 24.5 Å². The fourth-order valence-corrected chi connectivity index (χ4v) is 7.28. The summed E-state index contributed by atoms with van der Waals surface area (Å²) in [4.78, 5) is 9.58. The van der Waals surface area contributed by atoms with Crippen molar-refractivity contribution >= 4 is 57.0 Å². The van der Waals surface area contributed by atoms with E-state index in [-0.39, 0.29) is 20.1 Å². The first-order chi connectivity index (χ1) is 23.5. The summed E-state index contributed by atoms with van der Waals surface area (Å²) in [6, 6.07) is 54.1. The molecule has 0 aliphatic carbocycles. The second kappa shape index (κ2) is 13.4. The maximum atomic E-state index is 6.33. The van der Waals surface area contributed by atoms with Crippen LogP contribution in [0.3, 0.4) is 0 Å². The average molecular weight is 828 g/mol. The molecule has 3 aromatic heterocycles. The molecule has 6 aromatic carbocycles. The summed E-state index contributed by atoms with van der Waals surface area (Å²) in [7, 11) is -1.23. The topological polar surface area (TPSA) is 43.9 Å². The van der Waals surface area contributed by atoms with Gasteiger partial charge >= 0.3 is 0 Å². The van der Waals surface area contributed by atoms with E-state index in [1.165, 1.54) is 16.0 Å². The van der Waals surface area contributed by atoms with Crippen molar-refractivity contribution in [3.63, 3.8) is 0 Å². The number of para-hydroxylation sites is 3. The quantitative estimate of drug-likeness (QED) is 0.131. The number of furan rings is 1. The van der Waals surface area contributed by atoms with E-state index in [1.807, 2.05) is 60.8 Å². The van der Waals surface area contributed by atoms with Gasteiger partial charge in [0.15, 0.2) is 0 Å². The minimum absolute atomic E-state index is 0. The summed E-state index contributed by atoms with van der Waals surface area (Å²) in [5.74, 6) is 0.826. The third-order valence-electron chi connectivity index (χ3n) is 8.75. The third-order valence-corrected chi connectivity index (χ3v) is 10.8. The van der Waals surface area contributed by atoms with Crippen LogP contribution in [0.4, 0.5) is 0 Å². The van der Waals surface area contributed by atoms with Gasteiger partial charge in [-0.1, -0.05) is 109 Å². The number of rotatable bonds is 4. The smallest absolute Gasteiger partial charge is 0.120 e. The van der Waals surface area contributed by atoms with Crippen LogP contribution in [-0.2, 0) is 20.1 Å². The van der Waals surface area contributed by atoms with Gasteiger partial charge in [0.05, 0.1) is 30.5 Å². The van der Waals surface area contributed by atoms with Gasteiger partial charge in [0.2, 0.25) is 0 Å². The molecule has 0 atom stereocenters. The van der Waals surface area contributed by atoms with E-state index in [0.717, 1.165) is 61.3 Å². The maximum Gasteiger partial charge on any atom is 0.120 e. The number of hydrogen-bond donors (Lipinski definition) is 0. The largest absolute Gasteiger partial charge is 0.501 e. The summed E-state index contributed by atoms with van der Waals surface area (Å²) in [6.07, 6.45) is 2.02. The monoisotopic (exact) mass is 828 g/mol. The van der Waals surface area contributed by atoms with Crippen LogP contribution in [0, 0.1) is 12.1 Å². The summed E-state index contributed by atoms with van der Waals surface area (Å²) in [5, 5.41) is 5.94. The molecule has 0 N–H and O–H groups in total. The zero-order chi connectivity index (χ0) is 32.7. The second-order valence-corrected chi connectivity index (χ2v) is 18.0. The van der Waals surface area contributed by atoms with Gasteiger partial charge in [-0.05, 0) is 40.5 Å². The average Bonchev–Trinajstić information content (AvgIpc) is 3.71. The number of aromatic nitrogens is 3. The van der Waals surface area contributed by atoms with Crippen LogP contribution in [0.5, 0.6) is 0 Å². The van der Waals surface area contributed by atoms with E-state index in [0.29, 0.717) is 0 Å². The fourth-order valence-electron chi connectivity index (χ4n) is 6.25. The molecule has 0 bridgehead atoms. The van der Waals surface area contributed by atoms with Crippen LogP contribution in [0.25, 0.3) is 72.1 Å².